The molecule has 4 nitrogen and oxygen atoms in total. The second kappa shape index (κ2) is 6.93. The first-order valence-corrected chi connectivity index (χ1v) is 12.0. The summed E-state index contributed by atoms with van der Waals surface area (Å²) in [6, 6.07) is 1.90. The lowest BCUT2D eigenvalue weighted by molar-refractivity contribution is -0.137. The zero-order valence-electron chi connectivity index (χ0n) is 18.4. The van der Waals surface area contributed by atoms with Gasteiger partial charge < -0.3 is 5.11 Å². The van der Waals surface area contributed by atoms with Crippen LogP contribution in [0.4, 0.5) is 0 Å². The van der Waals surface area contributed by atoms with Gasteiger partial charge in [0, 0.05) is 18.3 Å². The summed E-state index contributed by atoms with van der Waals surface area (Å²) in [6.45, 7) is 7.19. The fourth-order valence-electron chi connectivity index (χ4n) is 8.44. The van der Waals surface area contributed by atoms with Gasteiger partial charge in [0.1, 0.15) is 0 Å². The van der Waals surface area contributed by atoms with Gasteiger partial charge in [0.15, 0.2) is 5.78 Å². The zero-order valence-corrected chi connectivity index (χ0v) is 18.4. The van der Waals surface area contributed by atoms with Gasteiger partial charge in [0.25, 0.3) is 0 Å². The second-order valence-corrected chi connectivity index (χ2v) is 11.5. The summed E-state index contributed by atoms with van der Waals surface area (Å²) in [7, 11) is 0. The molecule has 0 aliphatic heterocycles. The number of nitrogens with zero attached hydrogens (tertiary/aromatic N) is 2. The molecule has 4 aliphatic carbocycles. The minimum Gasteiger partial charge on any atom is -0.390 e. The molecule has 0 saturated heterocycles. The first-order chi connectivity index (χ1) is 13.8. The summed E-state index contributed by atoms with van der Waals surface area (Å²) < 4.78 is 1.80. The van der Waals surface area contributed by atoms with Crippen LogP contribution in [0.3, 0.4) is 0 Å². The highest BCUT2D eigenvalue weighted by Crippen LogP contribution is 2.65. The van der Waals surface area contributed by atoms with Gasteiger partial charge in [0.05, 0.1) is 12.1 Å². The van der Waals surface area contributed by atoms with E-state index in [9.17, 15) is 9.90 Å². The van der Waals surface area contributed by atoms with Crippen molar-refractivity contribution in [3.05, 3.63) is 18.5 Å². The van der Waals surface area contributed by atoms with E-state index in [1.54, 1.807) is 10.9 Å². The first kappa shape index (κ1) is 19.8. The van der Waals surface area contributed by atoms with Gasteiger partial charge in [-0.1, -0.05) is 13.8 Å². The first-order valence-electron chi connectivity index (χ1n) is 12.0. The smallest absolute Gasteiger partial charge is 0.157 e. The number of carbonyl (C=O) groups is 1. The van der Waals surface area contributed by atoms with E-state index in [0.29, 0.717) is 30.1 Å². The zero-order chi connectivity index (χ0) is 20.4. The maximum absolute atomic E-state index is 13.2. The van der Waals surface area contributed by atoms with Crippen LogP contribution in [-0.4, -0.2) is 26.3 Å². The standard InChI is InChI=1S/C25H38N2O2/c1-16-13-20-17(14-25(16,3)29)5-6-19-18(20)9-10-24(2)21(19)7-8-22(24)23(28)15-27-12-4-11-26-27/h4,11-12,16-22,29H,5-10,13-15H2,1-3H3/t16?,17-,18-,19+,20-,21-,22+,24-,25-/m0/s1. The fourth-order valence-corrected chi connectivity index (χ4v) is 8.44. The van der Waals surface area contributed by atoms with E-state index in [1.165, 1.54) is 38.5 Å². The number of aliphatic hydroxyl groups is 1. The quantitative estimate of drug-likeness (QED) is 0.802. The summed E-state index contributed by atoms with van der Waals surface area (Å²) >= 11 is 0. The largest absolute Gasteiger partial charge is 0.390 e. The molecule has 5 rings (SSSR count). The maximum atomic E-state index is 13.2. The van der Waals surface area contributed by atoms with Crippen LogP contribution in [0, 0.1) is 46.8 Å². The van der Waals surface area contributed by atoms with E-state index in [-0.39, 0.29) is 11.3 Å². The number of hydrogen-bond donors (Lipinski definition) is 1. The molecule has 1 unspecified atom stereocenters. The van der Waals surface area contributed by atoms with Crippen LogP contribution in [-0.2, 0) is 11.3 Å². The Balaban J connectivity index is 1.33. The lowest BCUT2D eigenvalue weighted by Crippen LogP contribution is -2.53. The van der Waals surface area contributed by atoms with Crippen molar-refractivity contribution in [3.63, 3.8) is 0 Å². The molecule has 0 aromatic carbocycles. The van der Waals surface area contributed by atoms with Crippen LogP contribution in [0.2, 0.25) is 0 Å². The maximum Gasteiger partial charge on any atom is 0.157 e. The van der Waals surface area contributed by atoms with Crippen molar-refractivity contribution in [3.8, 4) is 0 Å². The van der Waals surface area contributed by atoms with Crippen molar-refractivity contribution < 1.29 is 9.90 Å². The second-order valence-electron chi connectivity index (χ2n) is 11.5. The molecule has 1 aromatic heterocycles. The van der Waals surface area contributed by atoms with Crippen molar-refractivity contribution in [1.82, 2.24) is 9.78 Å². The topological polar surface area (TPSA) is 55.1 Å². The summed E-state index contributed by atoms with van der Waals surface area (Å²) in [5.74, 6) is 4.86. The number of aromatic nitrogens is 2. The number of hydrogen-bond acceptors (Lipinski definition) is 3. The Hall–Kier alpha value is -1.16. The van der Waals surface area contributed by atoms with Gasteiger partial charge >= 0.3 is 0 Å². The molecule has 1 N–H and O–H groups in total. The Morgan fingerprint density at radius 3 is 2.72 bits per heavy atom. The van der Waals surface area contributed by atoms with Crippen molar-refractivity contribution >= 4 is 5.78 Å². The molecule has 0 spiro atoms. The van der Waals surface area contributed by atoms with Gasteiger partial charge in [0.2, 0.25) is 0 Å². The Bertz CT molecular complexity index is 757. The third-order valence-electron chi connectivity index (χ3n) is 10.1. The lowest BCUT2D eigenvalue weighted by atomic mass is 9.48. The number of carbonyl (C=O) groups excluding carboxylic acids is 1. The Labute approximate surface area is 175 Å². The van der Waals surface area contributed by atoms with Gasteiger partial charge in [-0.15, -0.1) is 0 Å². The third-order valence-corrected chi connectivity index (χ3v) is 10.1. The van der Waals surface area contributed by atoms with Crippen molar-refractivity contribution in [2.75, 3.05) is 0 Å². The molecule has 160 valence electrons. The van der Waals surface area contributed by atoms with Gasteiger partial charge in [-0.3, -0.25) is 9.48 Å². The molecule has 0 radical (unpaired) electrons. The van der Waals surface area contributed by atoms with E-state index in [2.05, 4.69) is 25.9 Å². The molecule has 1 heterocycles. The molecule has 0 bridgehead atoms. The van der Waals surface area contributed by atoms with Crippen LogP contribution >= 0.6 is 0 Å². The van der Waals surface area contributed by atoms with Crippen LogP contribution in [0.15, 0.2) is 18.5 Å². The van der Waals surface area contributed by atoms with E-state index < -0.39 is 5.60 Å². The molecule has 4 heteroatoms. The Morgan fingerprint density at radius 1 is 1.14 bits per heavy atom. The highest BCUT2D eigenvalue weighted by molar-refractivity contribution is 5.82. The summed E-state index contributed by atoms with van der Waals surface area (Å²) in [5.41, 5.74) is -0.293. The van der Waals surface area contributed by atoms with E-state index in [1.807, 2.05) is 12.3 Å². The number of fused-ring (bicyclic) bond motifs is 5. The molecule has 4 fully saturated rings. The number of ketones is 1. The predicted octanol–water partition coefficient (Wildman–Crippen LogP) is 4.72. The van der Waals surface area contributed by atoms with Crippen LogP contribution in [0.5, 0.6) is 0 Å². The summed E-state index contributed by atoms with van der Waals surface area (Å²) in [4.78, 5) is 13.2. The Morgan fingerprint density at radius 2 is 1.97 bits per heavy atom. The van der Waals surface area contributed by atoms with Crippen LogP contribution < -0.4 is 0 Å². The summed E-state index contributed by atoms with van der Waals surface area (Å²) in [6.07, 6.45) is 13.3. The molecule has 29 heavy (non-hydrogen) atoms. The highest BCUT2D eigenvalue weighted by atomic mass is 16.3. The third kappa shape index (κ3) is 3.12. The van der Waals surface area contributed by atoms with Crippen molar-refractivity contribution in [1.29, 1.82) is 0 Å². The van der Waals surface area contributed by atoms with Gasteiger partial charge in [-0.05, 0) is 105 Å². The molecule has 4 aliphatic rings. The van der Waals surface area contributed by atoms with E-state index >= 15 is 0 Å². The van der Waals surface area contributed by atoms with Crippen molar-refractivity contribution in [2.24, 2.45) is 46.8 Å². The van der Waals surface area contributed by atoms with E-state index in [4.69, 9.17) is 0 Å². The monoisotopic (exact) mass is 398 g/mol. The number of rotatable bonds is 3. The van der Waals surface area contributed by atoms with Crippen molar-refractivity contribution in [2.45, 2.75) is 84.3 Å². The van der Waals surface area contributed by atoms with Gasteiger partial charge in [-0.25, -0.2) is 0 Å². The molecule has 9 atom stereocenters. The average Bonchev–Trinajstić information content (AvgIpc) is 3.29. The fraction of sp³-hybridized carbons (Fsp3) is 0.840. The highest BCUT2D eigenvalue weighted by Gasteiger charge is 2.59. The van der Waals surface area contributed by atoms with Gasteiger partial charge in [-0.2, -0.15) is 5.10 Å². The minimum absolute atomic E-state index is 0.185. The average molecular weight is 399 g/mol. The minimum atomic E-state index is -0.478. The lowest BCUT2D eigenvalue weighted by Gasteiger charge is -2.58. The molecule has 1 aromatic rings. The van der Waals surface area contributed by atoms with Crippen LogP contribution in [0.25, 0.3) is 0 Å². The predicted molar refractivity (Wildman–Crippen MR) is 113 cm³/mol. The Kier molecular flexibility index (Phi) is 4.73. The number of Topliss-reactive ketones (excluding diaryl/α,β-unsaturated/α-hetero) is 1. The normalized spacial score (nSPS) is 49.2. The van der Waals surface area contributed by atoms with Crippen LogP contribution in [0.1, 0.15) is 72.1 Å². The SMILES string of the molecule is CC1C[C@H]2[C@@H](CC[C@@H]3[C@@H]2CC[C@]2(C)[C@@H](C(=O)Cn4cccn4)CC[C@@H]32)C[C@]1(C)O. The molecular formula is C25H38N2O2. The molecular weight excluding hydrogens is 360 g/mol. The molecule has 4 saturated carbocycles. The summed E-state index contributed by atoms with van der Waals surface area (Å²) in [5, 5.41) is 15.1. The van der Waals surface area contributed by atoms with E-state index in [0.717, 1.165) is 30.6 Å². The molecule has 0 amide bonds.